The van der Waals surface area contributed by atoms with E-state index < -0.39 is 0 Å². The van der Waals surface area contributed by atoms with Crippen LogP contribution in [-0.2, 0) is 6.42 Å². The summed E-state index contributed by atoms with van der Waals surface area (Å²) in [5, 5.41) is 2.90. The van der Waals surface area contributed by atoms with E-state index in [1.165, 1.54) is 22.1 Å². The highest BCUT2D eigenvalue weighted by Crippen LogP contribution is 2.16. The lowest BCUT2D eigenvalue weighted by Gasteiger charge is -2.12. The van der Waals surface area contributed by atoms with Crippen LogP contribution in [0.15, 0.2) is 24.5 Å². The highest BCUT2D eigenvalue weighted by molar-refractivity contribution is 7.11. The molecule has 1 amide bonds. The number of nitrogens with two attached hydrogens (primary N) is 1. The molecule has 7 heteroatoms. The maximum absolute atomic E-state index is 12.0. The minimum Gasteiger partial charge on any atom is -0.348 e. The maximum Gasteiger partial charge on any atom is 0.271 e. The first-order valence-corrected chi connectivity index (χ1v) is 7.05. The molecule has 20 heavy (non-hydrogen) atoms. The predicted octanol–water partition coefficient (Wildman–Crippen LogP) is 1.49. The molecule has 0 aliphatic carbocycles. The number of nitrogens with one attached hydrogen (secondary N) is 2. The second kappa shape index (κ2) is 6.44. The lowest BCUT2D eigenvalue weighted by atomic mass is 10.2. The average Bonchev–Trinajstić information content (AvgIpc) is 2.83. The summed E-state index contributed by atoms with van der Waals surface area (Å²) in [6, 6.07) is 4.19. The molecule has 0 saturated carbocycles. The lowest BCUT2D eigenvalue weighted by Crippen LogP contribution is -2.34. The Balaban J connectivity index is 1.96. The number of hydrazine groups is 1. The van der Waals surface area contributed by atoms with E-state index in [0.29, 0.717) is 5.82 Å². The van der Waals surface area contributed by atoms with Crippen LogP contribution in [0.3, 0.4) is 0 Å². The van der Waals surface area contributed by atoms with Gasteiger partial charge in [0, 0.05) is 22.2 Å². The molecule has 0 radical (unpaired) electrons. The van der Waals surface area contributed by atoms with Gasteiger partial charge in [0.05, 0.1) is 12.4 Å². The molecule has 2 rings (SSSR count). The minimum atomic E-state index is -0.254. The van der Waals surface area contributed by atoms with Gasteiger partial charge >= 0.3 is 0 Å². The predicted molar refractivity (Wildman–Crippen MR) is 79.5 cm³/mol. The van der Waals surface area contributed by atoms with Gasteiger partial charge in [-0.05, 0) is 26.0 Å². The minimum absolute atomic E-state index is 0.0249. The molecule has 0 aromatic carbocycles. The first kappa shape index (κ1) is 14.4. The number of hydrogen-bond acceptors (Lipinski definition) is 6. The molecule has 0 aliphatic rings. The Morgan fingerprint density at radius 2 is 2.25 bits per heavy atom. The molecule has 1 atom stereocenters. The molecule has 0 bridgehead atoms. The molecule has 2 heterocycles. The van der Waals surface area contributed by atoms with E-state index in [1.54, 1.807) is 11.3 Å². The fraction of sp³-hybridized carbons (Fsp3) is 0.308. The number of amides is 1. The monoisotopic (exact) mass is 291 g/mol. The van der Waals surface area contributed by atoms with E-state index >= 15 is 0 Å². The normalized spacial score (nSPS) is 11.9. The second-order valence-corrected chi connectivity index (χ2v) is 5.90. The van der Waals surface area contributed by atoms with Gasteiger partial charge in [0.2, 0.25) is 0 Å². The number of thiophene rings is 1. The van der Waals surface area contributed by atoms with Crippen LogP contribution in [0.1, 0.15) is 27.2 Å². The molecule has 0 saturated heterocycles. The number of aromatic nitrogens is 2. The SMILES string of the molecule is Cc1ccc(CC(C)NC(=O)c2cncc(NN)n2)s1. The van der Waals surface area contributed by atoms with Crippen LogP contribution in [0.4, 0.5) is 5.82 Å². The molecular weight excluding hydrogens is 274 g/mol. The zero-order chi connectivity index (χ0) is 14.5. The van der Waals surface area contributed by atoms with E-state index in [2.05, 4.69) is 39.8 Å². The highest BCUT2D eigenvalue weighted by Gasteiger charge is 2.13. The van der Waals surface area contributed by atoms with Crippen LogP contribution in [0, 0.1) is 6.92 Å². The fourth-order valence-electron chi connectivity index (χ4n) is 1.79. The van der Waals surface area contributed by atoms with E-state index in [4.69, 9.17) is 5.84 Å². The zero-order valence-electron chi connectivity index (χ0n) is 11.4. The first-order valence-electron chi connectivity index (χ1n) is 6.23. The summed E-state index contributed by atoms with van der Waals surface area (Å²) in [5.41, 5.74) is 2.61. The van der Waals surface area contributed by atoms with E-state index in [0.717, 1.165) is 6.42 Å². The van der Waals surface area contributed by atoms with E-state index in [1.807, 2.05) is 6.92 Å². The summed E-state index contributed by atoms with van der Waals surface area (Å²) in [6.07, 6.45) is 3.67. The van der Waals surface area contributed by atoms with Crippen molar-refractivity contribution in [2.45, 2.75) is 26.3 Å². The molecule has 2 aromatic heterocycles. The van der Waals surface area contributed by atoms with Gasteiger partial charge in [-0.15, -0.1) is 11.3 Å². The fourth-order valence-corrected chi connectivity index (χ4v) is 2.81. The number of hydrogen-bond donors (Lipinski definition) is 3. The third-order valence-corrected chi connectivity index (χ3v) is 3.72. The van der Waals surface area contributed by atoms with Gasteiger partial charge in [-0.2, -0.15) is 0 Å². The summed E-state index contributed by atoms with van der Waals surface area (Å²) in [5.74, 6) is 5.35. The number of carbonyl (C=O) groups excluding carboxylic acids is 1. The van der Waals surface area contributed by atoms with Crippen LogP contribution >= 0.6 is 11.3 Å². The quantitative estimate of drug-likeness (QED) is 0.573. The largest absolute Gasteiger partial charge is 0.348 e. The van der Waals surface area contributed by atoms with E-state index in [-0.39, 0.29) is 17.6 Å². The molecule has 0 fully saturated rings. The molecule has 0 aliphatic heterocycles. The van der Waals surface area contributed by atoms with E-state index in [9.17, 15) is 4.79 Å². The maximum atomic E-state index is 12.0. The van der Waals surface area contributed by atoms with Gasteiger partial charge in [-0.1, -0.05) is 0 Å². The van der Waals surface area contributed by atoms with Crippen molar-refractivity contribution in [2.75, 3.05) is 5.43 Å². The smallest absolute Gasteiger partial charge is 0.271 e. The Morgan fingerprint density at radius 3 is 2.90 bits per heavy atom. The van der Waals surface area contributed by atoms with Crippen LogP contribution in [0.2, 0.25) is 0 Å². The van der Waals surface area contributed by atoms with Gasteiger partial charge in [0.1, 0.15) is 5.69 Å². The number of anilines is 1. The van der Waals surface area contributed by atoms with Crippen molar-refractivity contribution in [3.05, 3.63) is 40.0 Å². The summed E-state index contributed by atoms with van der Waals surface area (Å²) in [4.78, 5) is 22.5. The van der Waals surface area contributed by atoms with Crippen molar-refractivity contribution in [2.24, 2.45) is 5.84 Å². The average molecular weight is 291 g/mol. The third kappa shape index (κ3) is 3.75. The molecule has 106 valence electrons. The van der Waals surface area contributed by atoms with Gasteiger partial charge in [0.25, 0.3) is 5.91 Å². The molecule has 2 aromatic rings. The zero-order valence-corrected chi connectivity index (χ0v) is 12.2. The van der Waals surface area contributed by atoms with Gasteiger partial charge in [-0.3, -0.25) is 9.78 Å². The van der Waals surface area contributed by atoms with Crippen LogP contribution in [0.5, 0.6) is 0 Å². The Labute approximate surface area is 121 Å². The van der Waals surface area contributed by atoms with Gasteiger partial charge < -0.3 is 10.7 Å². The highest BCUT2D eigenvalue weighted by atomic mass is 32.1. The Kier molecular flexibility index (Phi) is 4.65. The number of nitrogens with zero attached hydrogens (tertiary/aromatic N) is 2. The molecule has 1 unspecified atom stereocenters. The molecule has 4 N–H and O–H groups in total. The Bertz CT molecular complexity index is 598. The Morgan fingerprint density at radius 1 is 1.45 bits per heavy atom. The van der Waals surface area contributed by atoms with Gasteiger partial charge in [-0.25, -0.2) is 10.8 Å². The van der Waals surface area contributed by atoms with Crippen molar-refractivity contribution in [1.82, 2.24) is 15.3 Å². The summed E-state index contributed by atoms with van der Waals surface area (Å²) in [7, 11) is 0. The Hall–Kier alpha value is -1.99. The lowest BCUT2D eigenvalue weighted by molar-refractivity contribution is 0.0935. The first-order chi connectivity index (χ1) is 9.58. The van der Waals surface area contributed by atoms with Crippen LogP contribution in [0.25, 0.3) is 0 Å². The molecular formula is C13H17N5OS. The molecule has 6 nitrogen and oxygen atoms in total. The summed E-state index contributed by atoms with van der Waals surface area (Å²) < 4.78 is 0. The third-order valence-electron chi connectivity index (χ3n) is 2.70. The second-order valence-electron chi connectivity index (χ2n) is 4.52. The number of carbonyl (C=O) groups is 1. The van der Waals surface area contributed by atoms with Crippen molar-refractivity contribution in [3.63, 3.8) is 0 Å². The van der Waals surface area contributed by atoms with Crippen molar-refractivity contribution in [1.29, 1.82) is 0 Å². The molecule has 0 spiro atoms. The van der Waals surface area contributed by atoms with Gasteiger partial charge in [0.15, 0.2) is 5.82 Å². The van der Waals surface area contributed by atoms with Crippen molar-refractivity contribution in [3.8, 4) is 0 Å². The standard InChI is InChI=1S/C13H17N5OS/c1-8(5-10-4-3-9(2)20-10)16-13(19)11-6-15-7-12(17-11)18-14/h3-4,6-8H,5,14H2,1-2H3,(H,16,19)(H,17,18). The van der Waals surface area contributed by atoms with Crippen molar-refractivity contribution >= 4 is 23.1 Å². The number of rotatable bonds is 5. The summed E-state index contributed by atoms with van der Waals surface area (Å²) in [6.45, 7) is 4.03. The summed E-state index contributed by atoms with van der Waals surface area (Å²) >= 11 is 1.74. The topological polar surface area (TPSA) is 92.9 Å². The van der Waals surface area contributed by atoms with Crippen LogP contribution in [-0.4, -0.2) is 21.9 Å². The van der Waals surface area contributed by atoms with Crippen LogP contribution < -0.4 is 16.6 Å². The number of nitrogen functional groups attached to an aromatic ring is 1. The van der Waals surface area contributed by atoms with Crippen molar-refractivity contribution < 1.29 is 4.79 Å². The number of aryl methyl sites for hydroxylation is 1.